The molecule has 1 atom stereocenters. The predicted octanol–water partition coefficient (Wildman–Crippen LogP) is 1.33. The Bertz CT molecular complexity index is 136. The van der Waals surface area contributed by atoms with Crippen molar-refractivity contribution in [3.63, 3.8) is 0 Å². The summed E-state index contributed by atoms with van der Waals surface area (Å²) < 4.78 is 4.24. The molecule has 0 saturated carbocycles. The Morgan fingerprint density at radius 3 is 2.89 bits per heavy atom. The van der Waals surface area contributed by atoms with Gasteiger partial charge in [0.25, 0.3) is 0 Å². The second-order valence-corrected chi connectivity index (χ2v) is 2.46. The third-order valence-electron chi connectivity index (χ3n) is 0.655. The smallest absolute Gasteiger partial charge is 0.307 e. The maximum atomic E-state index is 10.5. The van der Waals surface area contributed by atoms with Crippen molar-refractivity contribution in [3.05, 3.63) is 0 Å². The summed E-state index contributed by atoms with van der Waals surface area (Å²) in [5.41, 5.74) is 0. The molecule has 0 saturated heterocycles. The van der Waals surface area contributed by atoms with Crippen LogP contribution < -0.4 is 0 Å². The fraction of sp³-hybridized carbons (Fsp3) is 0.500. The van der Waals surface area contributed by atoms with Gasteiger partial charge in [-0.05, 0) is 22.6 Å². The summed E-state index contributed by atoms with van der Waals surface area (Å²) in [5, 5.41) is 0. The summed E-state index contributed by atoms with van der Waals surface area (Å²) in [6.07, 6.45) is 5.32. The summed E-state index contributed by atoms with van der Waals surface area (Å²) in [5.74, 6) is 2.02. The van der Waals surface area contributed by atoms with Crippen LogP contribution in [0.3, 0.4) is 0 Å². The first kappa shape index (κ1) is 8.76. The van der Waals surface area contributed by atoms with Crippen LogP contribution in [-0.4, -0.2) is 10.1 Å². The van der Waals surface area contributed by atoms with Crippen LogP contribution in [-0.2, 0) is 9.53 Å². The van der Waals surface area contributed by atoms with Gasteiger partial charge in [-0.25, -0.2) is 0 Å². The molecule has 0 aromatic heterocycles. The Balaban J connectivity index is 3.50. The maximum absolute atomic E-state index is 10.5. The van der Waals surface area contributed by atoms with Gasteiger partial charge < -0.3 is 4.74 Å². The van der Waals surface area contributed by atoms with Crippen molar-refractivity contribution in [2.45, 2.75) is 17.5 Å². The van der Waals surface area contributed by atoms with Gasteiger partial charge in [-0.2, -0.15) is 0 Å². The lowest BCUT2D eigenvalue weighted by Gasteiger charge is -2.01. The number of alkyl halides is 1. The molecule has 50 valence electrons. The number of hydrogen-bond donors (Lipinski definition) is 0. The molecule has 0 aliphatic carbocycles. The number of rotatable bonds is 2. The van der Waals surface area contributed by atoms with E-state index in [1.807, 2.05) is 22.6 Å². The van der Waals surface area contributed by atoms with Crippen molar-refractivity contribution < 1.29 is 9.53 Å². The molecule has 0 rings (SSSR count). The minimum absolute atomic E-state index is 0.257. The van der Waals surface area contributed by atoms with E-state index in [2.05, 4.69) is 10.7 Å². The highest BCUT2D eigenvalue weighted by molar-refractivity contribution is 14.1. The first-order valence-electron chi connectivity index (χ1n) is 2.50. The molecule has 0 aliphatic rings. The summed E-state index contributed by atoms with van der Waals surface area (Å²) in [7, 11) is 0. The standard InChI is InChI=1S/C6H7IO2/c1-3-5(7)9-6(8)4-2/h1,5H,4H2,2H3. The van der Waals surface area contributed by atoms with Gasteiger partial charge in [0.1, 0.15) is 0 Å². The van der Waals surface area contributed by atoms with Gasteiger partial charge in [-0.15, -0.1) is 6.42 Å². The quantitative estimate of drug-likeness (QED) is 0.314. The van der Waals surface area contributed by atoms with Crippen LogP contribution in [0.1, 0.15) is 13.3 Å². The lowest BCUT2D eigenvalue weighted by atomic mass is 10.5. The molecule has 1 unspecified atom stereocenters. The van der Waals surface area contributed by atoms with E-state index < -0.39 is 4.11 Å². The topological polar surface area (TPSA) is 26.3 Å². The number of terminal acetylenes is 1. The van der Waals surface area contributed by atoms with Crippen molar-refractivity contribution in [3.8, 4) is 12.3 Å². The lowest BCUT2D eigenvalue weighted by Crippen LogP contribution is -2.08. The summed E-state index contributed by atoms with van der Waals surface area (Å²) in [6, 6.07) is 0. The second-order valence-electron chi connectivity index (χ2n) is 1.33. The van der Waals surface area contributed by atoms with Gasteiger partial charge in [-0.1, -0.05) is 12.8 Å². The molecule has 0 amide bonds. The molecular formula is C6H7IO2. The SMILES string of the molecule is C#CC(I)OC(=O)CC. The minimum atomic E-state index is -0.421. The molecule has 0 heterocycles. The monoisotopic (exact) mass is 238 g/mol. The Kier molecular flexibility index (Phi) is 4.50. The molecule has 0 aromatic rings. The van der Waals surface area contributed by atoms with E-state index in [0.717, 1.165) is 0 Å². The van der Waals surface area contributed by atoms with Gasteiger partial charge >= 0.3 is 5.97 Å². The third-order valence-corrected chi connectivity index (χ3v) is 1.27. The maximum Gasteiger partial charge on any atom is 0.307 e. The first-order valence-corrected chi connectivity index (χ1v) is 3.75. The van der Waals surface area contributed by atoms with Crippen LogP contribution in [0.25, 0.3) is 0 Å². The first-order chi connectivity index (χ1) is 4.20. The second kappa shape index (κ2) is 4.62. The third kappa shape index (κ3) is 4.28. The molecule has 3 heteroatoms. The average Bonchev–Trinajstić information content (AvgIpc) is 1.87. The van der Waals surface area contributed by atoms with E-state index in [-0.39, 0.29) is 5.97 Å². The highest BCUT2D eigenvalue weighted by atomic mass is 127. The number of ether oxygens (including phenoxy) is 1. The van der Waals surface area contributed by atoms with Crippen LogP contribution >= 0.6 is 22.6 Å². The van der Waals surface area contributed by atoms with Crippen molar-refractivity contribution >= 4 is 28.6 Å². The zero-order valence-electron chi connectivity index (χ0n) is 5.06. The minimum Gasteiger partial charge on any atom is -0.439 e. The highest BCUT2D eigenvalue weighted by Crippen LogP contribution is 2.01. The number of carbonyl (C=O) groups excluding carboxylic acids is 1. The van der Waals surface area contributed by atoms with Gasteiger partial charge in [0.15, 0.2) is 0 Å². The number of carbonyl (C=O) groups is 1. The summed E-state index contributed by atoms with van der Waals surface area (Å²) in [4.78, 5) is 10.5. The Labute approximate surface area is 68.1 Å². The van der Waals surface area contributed by atoms with E-state index in [4.69, 9.17) is 6.42 Å². The highest BCUT2D eigenvalue weighted by Gasteiger charge is 2.03. The van der Waals surface area contributed by atoms with Gasteiger partial charge in [-0.3, -0.25) is 4.79 Å². The van der Waals surface area contributed by atoms with Crippen molar-refractivity contribution in [2.24, 2.45) is 0 Å². The molecule has 0 fully saturated rings. The van der Waals surface area contributed by atoms with Gasteiger partial charge in [0.2, 0.25) is 4.11 Å². The fourth-order valence-corrected chi connectivity index (χ4v) is 0.516. The molecule has 0 aliphatic heterocycles. The van der Waals surface area contributed by atoms with Crippen LogP contribution in [0.2, 0.25) is 0 Å². The number of halogens is 1. The Hall–Kier alpha value is -0.240. The zero-order valence-corrected chi connectivity index (χ0v) is 7.21. The lowest BCUT2D eigenvalue weighted by molar-refractivity contribution is -0.142. The largest absolute Gasteiger partial charge is 0.439 e. The molecule has 0 spiro atoms. The molecular weight excluding hydrogens is 231 g/mol. The van der Waals surface area contributed by atoms with E-state index in [9.17, 15) is 4.79 Å². The van der Waals surface area contributed by atoms with E-state index in [0.29, 0.717) is 6.42 Å². The van der Waals surface area contributed by atoms with Crippen LogP contribution in [0, 0.1) is 12.3 Å². The van der Waals surface area contributed by atoms with Gasteiger partial charge in [0, 0.05) is 6.42 Å². The van der Waals surface area contributed by atoms with Crippen molar-refractivity contribution in [2.75, 3.05) is 0 Å². The molecule has 0 N–H and O–H groups in total. The van der Waals surface area contributed by atoms with E-state index in [1.165, 1.54) is 0 Å². The summed E-state index contributed by atoms with van der Waals surface area (Å²) in [6.45, 7) is 1.72. The van der Waals surface area contributed by atoms with E-state index in [1.54, 1.807) is 6.92 Å². The number of hydrogen-bond acceptors (Lipinski definition) is 2. The fourth-order valence-electron chi connectivity index (χ4n) is 0.233. The average molecular weight is 238 g/mol. The van der Waals surface area contributed by atoms with Crippen molar-refractivity contribution in [1.82, 2.24) is 0 Å². The number of esters is 1. The van der Waals surface area contributed by atoms with Crippen molar-refractivity contribution in [1.29, 1.82) is 0 Å². The predicted molar refractivity (Wildman–Crippen MR) is 43.0 cm³/mol. The molecule has 0 aromatic carbocycles. The Morgan fingerprint density at radius 2 is 2.56 bits per heavy atom. The van der Waals surface area contributed by atoms with Crippen LogP contribution in [0.4, 0.5) is 0 Å². The van der Waals surface area contributed by atoms with E-state index >= 15 is 0 Å². The van der Waals surface area contributed by atoms with Crippen LogP contribution in [0.15, 0.2) is 0 Å². The van der Waals surface area contributed by atoms with Crippen LogP contribution in [0.5, 0.6) is 0 Å². The molecule has 0 bridgehead atoms. The molecule has 2 nitrogen and oxygen atoms in total. The summed E-state index contributed by atoms with van der Waals surface area (Å²) >= 11 is 1.86. The molecule has 9 heavy (non-hydrogen) atoms. The molecule has 0 radical (unpaired) electrons. The normalized spacial score (nSPS) is 11.7. The Morgan fingerprint density at radius 1 is 2.00 bits per heavy atom. The van der Waals surface area contributed by atoms with Gasteiger partial charge in [0.05, 0.1) is 0 Å². The zero-order chi connectivity index (χ0) is 7.28.